The Bertz CT molecular complexity index is 1240. The standard InChI is InChI=1S/C22H21F5N4O2/c1-12-28-16-9-17(32)31(21(6-7-21)20(23)24)11-15(16)18(29-12)30-19(33-2)14-5-3-4-13(8-14)10-22(25,26)27/h3-5,8-9,11,19-20H,6-7,10H2,1-2H3,(H,28,29,30). The molecule has 1 aliphatic rings. The van der Waals surface area contributed by atoms with Crippen LogP contribution in [0.5, 0.6) is 0 Å². The smallest absolute Gasteiger partial charge is 0.357 e. The molecule has 2 heterocycles. The average Bonchev–Trinajstić information content (AvgIpc) is 3.52. The zero-order chi connectivity index (χ0) is 24.0. The first-order chi connectivity index (χ1) is 15.5. The Labute approximate surface area is 185 Å². The van der Waals surface area contributed by atoms with Gasteiger partial charge in [-0.15, -0.1) is 0 Å². The summed E-state index contributed by atoms with van der Waals surface area (Å²) >= 11 is 0. The van der Waals surface area contributed by atoms with E-state index in [1.54, 1.807) is 13.0 Å². The van der Waals surface area contributed by atoms with Crippen molar-refractivity contribution in [2.45, 2.75) is 50.6 Å². The molecule has 176 valence electrons. The predicted molar refractivity (Wildman–Crippen MR) is 111 cm³/mol. The highest BCUT2D eigenvalue weighted by molar-refractivity contribution is 5.88. The molecule has 0 bridgehead atoms. The maximum Gasteiger partial charge on any atom is 0.393 e. The number of alkyl halides is 5. The highest BCUT2D eigenvalue weighted by Crippen LogP contribution is 2.48. The maximum atomic E-state index is 13.6. The first-order valence-electron chi connectivity index (χ1n) is 10.2. The van der Waals surface area contributed by atoms with Gasteiger partial charge < -0.3 is 14.6 Å². The zero-order valence-electron chi connectivity index (χ0n) is 17.8. The third-order valence-electron chi connectivity index (χ3n) is 5.65. The number of aromatic nitrogens is 3. The predicted octanol–water partition coefficient (Wildman–Crippen LogP) is 4.72. The van der Waals surface area contributed by atoms with Crippen molar-refractivity contribution in [3.8, 4) is 0 Å². The van der Waals surface area contributed by atoms with E-state index < -0.39 is 36.3 Å². The van der Waals surface area contributed by atoms with Crippen molar-refractivity contribution in [1.82, 2.24) is 14.5 Å². The largest absolute Gasteiger partial charge is 0.393 e. The molecule has 1 aromatic carbocycles. The van der Waals surface area contributed by atoms with Crippen LogP contribution in [0.3, 0.4) is 0 Å². The number of aryl methyl sites for hydroxylation is 1. The summed E-state index contributed by atoms with van der Waals surface area (Å²) in [4.78, 5) is 21.1. The van der Waals surface area contributed by atoms with E-state index in [1.807, 2.05) is 0 Å². The third-order valence-corrected chi connectivity index (χ3v) is 5.65. The molecule has 1 N–H and O–H groups in total. The number of fused-ring (bicyclic) bond motifs is 1. The Morgan fingerprint density at radius 2 is 1.94 bits per heavy atom. The van der Waals surface area contributed by atoms with Gasteiger partial charge in [0, 0.05) is 24.9 Å². The molecule has 1 fully saturated rings. The number of benzene rings is 1. The molecule has 3 aromatic rings. The molecule has 33 heavy (non-hydrogen) atoms. The van der Waals surface area contributed by atoms with Crippen molar-refractivity contribution in [3.05, 3.63) is 63.8 Å². The van der Waals surface area contributed by atoms with E-state index >= 15 is 0 Å². The summed E-state index contributed by atoms with van der Waals surface area (Å²) < 4.78 is 72.2. The lowest BCUT2D eigenvalue weighted by Gasteiger charge is -2.22. The Kier molecular flexibility index (Phi) is 5.85. The molecule has 0 spiro atoms. The number of ether oxygens (including phenoxy) is 1. The van der Waals surface area contributed by atoms with E-state index in [0.717, 1.165) is 4.57 Å². The molecular formula is C22H21F5N4O2. The minimum atomic E-state index is -4.36. The molecule has 2 aromatic heterocycles. The summed E-state index contributed by atoms with van der Waals surface area (Å²) in [7, 11) is 1.37. The molecule has 1 saturated carbocycles. The van der Waals surface area contributed by atoms with Crippen LogP contribution in [0.1, 0.15) is 36.0 Å². The lowest BCUT2D eigenvalue weighted by Crippen LogP contribution is -2.35. The van der Waals surface area contributed by atoms with Crippen molar-refractivity contribution >= 4 is 16.7 Å². The van der Waals surface area contributed by atoms with Gasteiger partial charge in [0.1, 0.15) is 17.2 Å². The van der Waals surface area contributed by atoms with Gasteiger partial charge in [-0.1, -0.05) is 24.3 Å². The van der Waals surface area contributed by atoms with Crippen LogP contribution in [0.2, 0.25) is 0 Å². The topological polar surface area (TPSA) is 69.0 Å². The number of nitrogens with one attached hydrogen (secondary N) is 1. The van der Waals surface area contributed by atoms with Crippen LogP contribution in [-0.2, 0) is 16.7 Å². The molecule has 0 amide bonds. The quantitative estimate of drug-likeness (QED) is 0.402. The average molecular weight is 468 g/mol. The normalized spacial score (nSPS) is 16.2. The number of hydrogen-bond donors (Lipinski definition) is 1. The first kappa shape index (κ1) is 23.1. The van der Waals surface area contributed by atoms with Gasteiger partial charge in [-0.2, -0.15) is 13.2 Å². The summed E-state index contributed by atoms with van der Waals surface area (Å²) in [6, 6.07) is 7.01. The third kappa shape index (κ3) is 4.68. The van der Waals surface area contributed by atoms with Crippen LogP contribution in [0.25, 0.3) is 10.9 Å². The van der Waals surface area contributed by atoms with E-state index in [4.69, 9.17) is 4.74 Å². The van der Waals surface area contributed by atoms with Crippen molar-refractivity contribution in [3.63, 3.8) is 0 Å². The fraction of sp³-hybridized carbons (Fsp3) is 0.409. The molecule has 6 nitrogen and oxygen atoms in total. The van der Waals surface area contributed by atoms with Crippen LogP contribution in [-0.4, -0.2) is 34.2 Å². The fourth-order valence-electron chi connectivity index (χ4n) is 3.87. The monoisotopic (exact) mass is 468 g/mol. The number of halogens is 5. The summed E-state index contributed by atoms with van der Waals surface area (Å²) in [6.45, 7) is 1.60. The molecule has 1 atom stereocenters. The Hall–Kier alpha value is -3.08. The molecule has 1 unspecified atom stereocenters. The highest BCUT2D eigenvalue weighted by Gasteiger charge is 2.53. The number of hydrogen-bond acceptors (Lipinski definition) is 5. The van der Waals surface area contributed by atoms with Gasteiger partial charge in [0.2, 0.25) is 0 Å². The van der Waals surface area contributed by atoms with Gasteiger partial charge in [-0.25, -0.2) is 18.7 Å². The molecule has 1 aliphatic carbocycles. The van der Waals surface area contributed by atoms with Crippen LogP contribution in [0, 0.1) is 6.92 Å². The summed E-state index contributed by atoms with van der Waals surface area (Å²) in [5, 5.41) is 3.33. The van der Waals surface area contributed by atoms with E-state index in [2.05, 4.69) is 15.3 Å². The van der Waals surface area contributed by atoms with Gasteiger partial charge in [-0.3, -0.25) is 4.79 Å². The molecule has 0 aliphatic heterocycles. The maximum absolute atomic E-state index is 13.6. The second-order valence-corrected chi connectivity index (χ2v) is 8.10. The fourth-order valence-corrected chi connectivity index (χ4v) is 3.87. The second-order valence-electron chi connectivity index (χ2n) is 8.10. The minimum Gasteiger partial charge on any atom is -0.357 e. The minimum absolute atomic E-state index is 0.0639. The lowest BCUT2D eigenvalue weighted by molar-refractivity contribution is -0.127. The van der Waals surface area contributed by atoms with Crippen molar-refractivity contribution in [2.75, 3.05) is 12.4 Å². The van der Waals surface area contributed by atoms with Crippen LogP contribution in [0.15, 0.2) is 41.3 Å². The Morgan fingerprint density at radius 3 is 2.55 bits per heavy atom. The van der Waals surface area contributed by atoms with Gasteiger partial charge in [-0.05, 0) is 25.3 Å². The van der Waals surface area contributed by atoms with E-state index in [9.17, 15) is 26.7 Å². The summed E-state index contributed by atoms with van der Waals surface area (Å²) in [5.41, 5.74) is -1.39. The zero-order valence-corrected chi connectivity index (χ0v) is 17.8. The first-order valence-corrected chi connectivity index (χ1v) is 10.2. The van der Waals surface area contributed by atoms with Gasteiger partial charge in [0.15, 0.2) is 6.23 Å². The van der Waals surface area contributed by atoms with E-state index in [0.29, 0.717) is 16.8 Å². The van der Waals surface area contributed by atoms with E-state index in [1.165, 1.54) is 37.6 Å². The molecule has 11 heteroatoms. The number of anilines is 1. The molecule has 4 rings (SSSR count). The molecule has 0 radical (unpaired) electrons. The van der Waals surface area contributed by atoms with Crippen LogP contribution < -0.4 is 10.9 Å². The summed E-state index contributed by atoms with van der Waals surface area (Å²) in [6.07, 6.45) is -7.38. The number of pyridine rings is 1. The Morgan fingerprint density at radius 1 is 1.21 bits per heavy atom. The van der Waals surface area contributed by atoms with Crippen LogP contribution in [0.4, 0.5) is 27.8 Å². The SMILES string of the molecule is COC(Nc1nc(C)nc2cc(=O)n(C3(C(F)F)CC3)cc12)c1cccc(CC(F)(F)F)c1. The Balaban J connectivity index is 1.75. The highest BCUT2D eigenvalue weighted by atomic mass is 19.4. The second kappa shape index (κ2) is 8.36. The molecular weight excluding hydrogens is 447 g/mol. The van der Waals surface area contributed by atoms with Gasteiger partial charge in [0.25, 0.3) is 12.0 Å². The number of methoxy groups -OCH3 is 1. The van der Waals surface area contributed by atoms with Crippen LogP contribution >= 0.6 is 0 Å². The van der Waals surface area contributed by atoms with Crippen molar-refractivity contribution in [2.24, 2.45) is 0 Å². The molecule has 0 saturated heterocycles. The van der Waals surface area contributed by atoms with Gasteiger partial charge in [0.05, 0.1) is 17.3 Å². The van der Waals surface area contributed by atoms with Crippen molar-refractivity contribution < 1.29 is 26.7 Å². The summed E-state index contributed by atoms with van der Waals surface area (Å²) in [5.74, 6) is 0.530. The van der Waals surface area contributed by atoms with Gasteiger partial charge >= 0.3 is 6.18 Å². The number of nitrogens with zero attached hydrogens (tertiary/aromatic N) is 3. The van der Waals surface area contributed by atoms with E-state index in [-0.39, 0.29) is 29.7 Å². The number of rotatable bonds is 7. The van der Waals surface area contributed by atoms with Crippen molar-refractivity contribution in [1.29, 1.82) is 0 Å². The lowest BCUT2D eigenvalue weighted by atomic mass is 10.1.